The Labute approximate surface area is 90.9 Å². The van der Waals surface area contributed by atoms with Gasteiger partial charge < -0.3 is 10.2 Å². The Balaban J connectivity index is 2.09. The molecule has 1 atom stereocenters. The molecule has 0 bridgehead atoms. The number of nitrogens with zero attached hydrogens (tertiary/aromatic N) is 1. The Hall–Kier alpha value is -1.36. The Kier molecular flexibility index (Phi) is 1.82. The lowest BCUT2D eigenvalue weighted by Gasteiger charge is -2.19. The third-order valence-electron chi connectivity index (χ3n) is 2.95. The quantitative estimate of drug-likeness (QED) is 0.719. The number of thiophene rings is 1. The van der Waals surface area contributed by atoms with Gasteiger partial charge in [-0.25, -0.2) is 0 Å². The normalized spacial score (nSPS) is 24.5. The number of hydrogen-bond donors (Lipinski definition) is 1. The number of anilines is 1. The molecule has 0 aliphatic carbocycles. The molecule has 3 rings (SSSR count). The van der Waals surface area contributed by atoms with Crippen LogP contribution in [0.5, 0.6) is 0 Å². The third kappa shape index (κ3) is 1.19. The number of carbonyl (C=O) groups excluding carboxylic acids is 2. The molecule has 3 heterocycles. The molecule has 1 aromatic heterocycles. The lowest BCUT2D eigenvalue weighted by atomic mass is 10.2. The van der Waals surface area contributed by atoms with Crippen molar-refractivity contribution in [3.63, 3.8) is 0 Å². The Morgan fingerprint density at radius 1 is 1.47 bits per heavy atom. The number of amides is 2. The maximum absolute atomic E-state index is 12.1. The molecule has 2 aliphatic heterocycles. The fourth-order valence-electron chi connectivity index (χ4n) is 2.21. The summed E-state index contributed by atoms with van der Waals surface area (Å²) in [6, 6.07) is 1.53. The summed E-state index contributed by atoms with van der Waals surface area (Å²) >= 11 is 1.41. The molecule has 0 spiro atoms. The minimum Gasteiger partial charge on any atom is -0.327 e. The first-order chi connectivity index (χ1) is 7.27. The molecular weight excluding hydrogens is 212 g/mol. The minimum atomic E-state index is -0.253. The summed E-state index contributed by atoms with van der Waals surface area (Å²) in [5.74, 6) is -0.0471. The van der Waals surface area contributed by atoms with Crippen LogP contribution in [0.2, 0.25) is 0 Å². The minimum absolute atomic E-state index is 0.00731. The standard InChI is InChI=1S/C10H10N2O2S/c13-8-7-2-1-4-12(7)10(14)6-3-5-15-9(6)11-8/h3,5,7H,1-2,4H2,(H,11,13)/t7-/m0/s1. The Bertz CT molecular complexity index is 440. The highest BCUT2D eigenvalue weighted by Gasteiger charge is 2.38. The number of nitrogens with one attached hydrogen (secondary N) is 1. The van der Waals surface area contributed by atoms with E-state index in [4.69, 9.17) is 0 Å². The van der Waals surface area contributed by atoms with Gasteiger partial charge >= 0.3 is 0 Å². The van der Waals surface area contributed by atoms with E-state index < -0.39 is 0 Å². The first-order valence-electron chi connectivity index (χ1n) is 4.97. The highest BCUT2D eigenvalue weighted by atomic mass is 32.1. The fraction of sp³-hybridized carbons (Fsp3) is 0.400. The van der Waals surface area contributed by atoms with Gasteiger partial charge in [0, 0.05) is 6.54 Å². The highest BCUT2D eigenvalue weighted by molar-refractivity contribution is 7.14. The van der Waals surface area contributed by atoms with Gasteiger partial charge in [-0.3, -0.25) is 9.59 Å². The van der Waals surface area contributed by atoms with Crippen LogP contribution >= 0.6 is 11.3 Å². The van der Waals surface area contributed by atoms with Crippen molar-refractivity contribution in [2.45, 2.75) is 18.9 Å². The topological polar surface area (TPSA) is 49.4 Å². The van der Waals surface area contributed by atoms with Gasteiger partial charge in [0.2, 0.25) is 5.91 Å². The second kappa shape index (κ2) is 3.06. The van der Waals surface area contributed by atoms with Crippen LogP contribution in [0.3, 0.4) is 0 Å². The third-order valence-corrected chi connectivity index (χ3v) is 3.78. The van der Waals surface area contributed by atoms with E-state index in [9.17, 15) is 9.59 Å². The van der Waals surface area contributed by atoms with E-state index in [1.165, 1.54) is 11.3 Å². The predicted octanol–water partition coefficient (Wildman–Crippen LogP) is 1.30. The van der Waals surface area contributed by atoms with Crippen LogP contribution in [-0.2, 0) is 4.79 Å². The molecule has 0 saturated carbocycles. The average molecular weight is 222 g/mol. The number of rotatable bonds is 0. The van der Waals surface area contributed by atoms with Gasteiger partial charge in [0.25, 0.3) is 5.91 Å². The maximum atomic E-state index is 12.1. The molecule has 1 saturated heterocycles. The zero-order chi connectivity index (χ0) is 10.4. The largest absolute Gasteiger partial charge is 0.327 e. The number of fused-ring (bicyclic) bond motifs is 2. The smallest absolute Gasteiger partial charge is 0.257 e. The molecule has 4 nitrogen and oxygen atoms in total. The maximum Gasteiger partial charge on any atom is 0.257 e. The Morgan fingerprint density at radius 2 is 2.33 bits per heavy atom. The van der Waals surface area contributed by atoms with Crippen LogP contribution < -0.4 is 5.32 Å². The summed E-state index contributed by atoms with van der Waals surface area (Å²) in [4.78, 5) is 25.6. The molecule has 78 valence electrons. The molecule has 2 amide bonds. The monoisotopic (exact) mass is 222 g/mol. The first-order valence-corrected chi connectivity index (χ1v) is 5.84. The van der Waals surface area contributed by atoms with Gasteiger partial charge in [-0.1, -0.05) is 0 Å². The van der Waals surface area contributed by atoms with E-state index in [1.807, 2.05) is 5.38 Å². The van der Waals surface area contributed by atoms with Crippen LogP contribution in [0.15, 0.2) is 11.4 Å². The van der Waals surface area contributed by atoms with Crippen LogP contribution in [0, 0.1) is 0 Å². The van der Waals surface area contributed by atoms with Crippen molar-refractivity contribution in [3.8, 4) is 0 Å². The molecule has 2 aliphatic rings. The van der Waals surface area contributed by atoms with Crippen molar-refractivity contribution in [2.75, 3.05) is 11.9 Å². The van der Waals surface area contributed by atoms with Gasteiger partial charge in [-0.05, 0) is 24.3 Å². The second-order valence-corrected chi connectivity index (χ2v) is 4.73. The van der Waals surface area contributed by atoms with E-state index in [0.29, 0.717) is 17.1 Å². The average Bonchev–Trinajstić information content (AvgIpc) is 2.82. The SMILES string of the molecule is O=C1Nc2sccc2C(=O)N2CCC[C@@H]12. The van der Waals surface area contributed by atoms with Crippen LogP contribution in [0.1, 0.15) is 23.2 Å². The van der Waals surface area contributed by atoms with Crippen molar-refractivity contribution in [1.82, 2.24) is 4.90 Å². The van der Waals surface area contributed by atoms with E-state index >= 15 is 0 Å². The van der Waals surface area contributed by atoms with E-state index in [0.717, 1.165) is 12.8 Å². The zero-order valence-electron chi connectivity index (χ0n) is 8.03. The van der Waals surface area contributed by atoms with Crippen molar-refractivity contribution in [3.05, 3.63) is 17.0 Å². The Morgan fingerprint density at radius 3 is 3.20 bits per heavy atom. The summed E-state index contributed by atoms with van der Waals surface area (Å²) in [6.07, 6.45) is 1.70. The van der Waals surface area contributed by atoms with Gasteiger partial charge in [-0.15, -0.1) is 11.3 Å². The lowest BCUT2D eigenvalue weighted by Crippen LogP contribution is -2.40. The van der Waals surface area contributed by atoms with Gasteiger partial charge in [0.05, 0.1) is 5.56 Å². The summed E-state index contributed by atoms with van der Waals surface area (Å²) in [7, 11) is 0. The lowest BCUT2D eigenvalue weighted by molar-refractivity contribution is -0.119. The van der Waals surface area contributed by atoms with Crippen molar-refractivity contribution in [2.24, 2.45) is 0 Å². The predicted molar refractivity (Wildman–Crippen MR) is 57.0 cm³/mol. The molecule has 0 radical (unpaired) electrons. The molecule has 5 heteroatoms. The second-order valence-electron chi connectivity index (χ2n) is 3.81. The summed E-state index contributed by atoms with van der Waals surface area (Å²) in [5.41, 5.74) is 0.637. The van der Waals surface area contributed by atoms with E-state index in [2.05, 4.69) is 5.32 Å². The van der Waals surface area contributed by atoms with Crippen molar-refractivity contribution >= 4 is 28.2 Å². The molecule has 1 aromatic rings. The summed E-state index contributed by atoms with van der Waals surface area (Å²) in [6.45, 7) is 0.701. The van der Waals surface area contributed by atoms with Crippen LogP contribution in [0.25, 0.3) is 0 Å². The van der Waals surface area contributed by atoms with Crippen molar-refractivity contribution in [1.29, 1.82) is 0 Å². The fourth-order valence-corrected chi connectivity index (χ4v) is 2.99. The molecule has 0 aromatic carbocycles. The van der Waals surface area contributed by atoms with Crippen molar-refractivity contribution < 1.29 is 9.59 Å². The zero-order valence-corrected chi connectivity index (χ0v) is 8.84. The summed E-state index contributed by atoms with van der Waals surface area (Å²) < 4.78 is 0. The number of carbonyl (C=O) groups is 2. The van der Waals surface area contributed by atoms with E-state index in [-0.39, 0.29) is 17.9 Å². The highest BCUT2D eigenvalue weighted by Crippen LogP contribution is 2.31. The van der Waals surface area contributed by atoms with Gasteiger partial charge in [-0.2, -0.15) is 0 Å². The van der Waals surface area contributed by atoms with Gasteiger partial charge in [0.15, 0.2) is 0 Å². The summed E-state index contributed by atoms with van der Waals surface area (Å²) in [5, 5.41) is 5.35. The molecule has 1 fully saturated rings. The first kappa shape index (κ1) is 8.91. The molecule has 0 unspecified atom stereocenters. The van der Waals surface area contributed by atoms with E-state index in [1.54, 1.807) is 11.0 Å². The molecular formula is C10H10N2O2S. The van der Waals surface area contributed by atoms with Crippen LogP contribution in [-0.4, -0.2) is 29.3 Å². The molecule has 15 heavy (non-hydrogen) atoms. The van der Waals surface area contributed by atoms with Gasteiger partial charge in [0.1, 0.15) is 11.0 Å². The number of hydrogen-bond acceptors (Lipinski definition) is 3. The molecule has 1 N–H and O–H groups in total. The van der Waals surface area contributed by atoms with Crippen LogP contribution in [0.4, 0.5) is 5.00 Å².